The summed E-state index contributed by atoms with van der Waals surface area (Å²) in [4.78, 5) is 12.3. The third kappa shape index (κ3) is 5.00. The molecule has 1 aromatic heterocycles. The number of hydrogen-bond donors (Lipinski definition) is 3. The second-order valence-electron chi connectivity index (χ2n) is 7.36. The molecule has 0 saturated carbocycles. The number of carbonyl (C=O) groups is 1. The molecule has 2 heterocycles. The number of aromatic nitrogens is 2. The molecule has 1 aliphatic heterocycles. The Morgan fingerprint density at radius 2 is 2.10 bits per heavy atom. The second kappa shape index (κ2) is 9.13. The molecule has 162 valence electrons. The van der Waals surface area contributed by atoms with Crippen LogP contribution in [0.25, 0.3) is 11.3 Å². The monoisotopic (exact) mass is 427 g/mol. The second-order valence-corrected chi connectivity index (χ2v) is 7.36. The Hall–Kier alpha value is -3.46. The average molecular weight is 427 g/mol. The van der Waals surface area contributed by atoms with Crippen molar-refractivity contribution in [1.82, 2.24) is 15.1 Å². The number of nitrogens with one attached hydrogen (secondary N) is 3. The van der Waals surface area contributed by atoms with E-state index < -0.39 is 17.7 Å². The molecule has 2 aromatic carbocycles. The van der Waals surface area contributed by atoms with Crippen LogP contribution in [0, 0.1) is 11.6 Å². The summed E-state index contributed by atoms with van der Waals surface area (Å²) >= 11 is 0. The topological polar surface area (TPSA) is 80.2 Å². The molecule has 1 unspecified atom stereocenters. The molecule has 1 aliphatic rings. The predicted octanol–water partition coefficient (Wildman–Crippen LogP) is 4.14. The number of hydrogen-bond acceptors (Lipinski definition) is 4. The molecule has 0 radical (unpaired) electrons. The summed E-state index contributed by atoms with van der Waals surface area (Å²) in [6.07, 6.45) is 3.89. The number of rotatable bonds is 6. The number of amides is 2. The van der Waals surface area contributed by atoms with Gasteiger partial charge in [-0.15, -0.1) is 0 Å². The maximum absolute atomic E-state index is 13.8. The minimum absolute atomic E-state index is 0.116. The SMILES string of the molecule is Cn1nccc1-c1cc(NC(=O)Nc2ccc(F)cc2F)ccc1OCC1CCCN1. The quantitative estimate of drug-likeness (QED) is 0.552. The van der Waals surface area contributed by atoms with Gasteiger partial charge >= 0.3 is 6.03 Å². The largest absolute Gasteiger partial charge is 0.491 e. The minimum Gasteiger partial charge on any atom is -0.491 e. The molecule has 3 aromatic rings. The van der Waals surface area contributed by atoms with Crippen molar-refractivity contribution < 1.29 is 18.3 Å². The van der Waals surface area contributed by atoms with E-state index >= 15 is 0 Å². The standard InChI is InChI=1S/C22H23F2N5O2/c1-29-20(8-10-26-29)17-12-15(5-7-21(17)31-13-16-3-2-9-25-16)27-22(30)28-19-6-4-14(23)11-18(19)24/h4-8,10-12,16,25H,2-3,9,13H2,1H3,(H2,27,28,30). The Bertz CT molecular complexity index is 1080. The molecule has 0 spiro atoms. The molecule has 0 bridgehead atoms. The van der Waals surface area contributed by atoms with E-state index in [1.807, 2.05) is 13.1 Å². The minimum atomic E-state index is -0.852. The first-order chi connectivity index (χ1) is 15.0. The van der Waals surface area contributed by atoms with Crippen LogP contribution in [0.4, 0.5) is 25.0 Å². The van der Waals surface area contributed by atoms with Crippen molar-refractivity contribution in [3.8, 4) is 17.0 Å². The average Bonchev–Trinajstić information content (AvgIpc) is 3.40. The number of benzene rings is 2. The number of nitrogens with zero attached hydrogens (tertiary/aromatic N) is 2. The number of urea groups is 1. The third-order valence-electron chi connectivity index (χ3n) is 5.12. The van der Waals surface area contributed by atoms with Gasteiger partial charge in [0.1, 0.15) is 24.0 Å². The van der Waals surface area contributed by atoms with Gasteiger partial charge in [-0.2, -0.15) is 5.10 Å². The van der Waals surface area contributed by atoms with Crippen LogP contribution in [-0.2, 0) is 7.05 Å². The number of halogens is 2. The molecule has 4 rings (SSSR count). The van der Waals surface area contributed by atoms with E-state index in [1.54, 1.807) is 29.1 Å². The van der Waals surface area contributed by atoms with Gasteiger partial charge in [0.15, 0.2) is 0 Å². The fraction of sp³-hybridized carbons (Fsp3) is 0.273. The van der Waals surface area contributed by atoms with Crippen molar-refractivity contribution in [3.63, 3.8) is 0 Å². The molecule has 1 fully saturated rings. The number of carbonyl (C=O) groups excluding carboxylic acids is 1. The lowest BCUT2D eigenvalue weighted by molar-refractivity contribution is 0.262. The summed E-state index contributed by atoms with van der Waals surface area (Å²) in [5.74, 6) is -0.893. The van der Waals surface area contributed by atoms with Gasteiger partial charge in [-0.05, 0) is 55.8 Å². The number of ether oxygens (including phenoxy) is 1. The summed E-state index contributed by atoms with van der Waals surface area (Å²) in [5.41, 5.74) is 1.96. The van der Waals surface area contributed by atoms with E-state index in [0.29, 0.717) is 30.2 Å². The molecule has 0 aliphatic carbocycles. The van der Waals surface area contributed by atoms with Crippen LogP contribution >= 0.6 is 0 Å². The zero-order valence-corrected chi connectivity index (χ0v) is 17.0. The van der Waals surface area contributed by atoms with E-state index in [0.717, 1.165) is 36.7 Å². The van der Waals surface area contributed by atoms with Crippen LogP contribution < -0.4 is 20.7 Å². The van der Waals surface area contributed by atoms with Crippen molar-refractivity contribution in [3.05, 3.63) is 60.3 Å². The summed E-state index contributed by atoms with van der Waals surface area (Å²) in [6.45, 7) is 1.54. The van der Waals surface area contributed by atoms with Crippen LogP contribution in [0.5, 0.6) is 5.75 Å². The van der Waals surface area contributed by atoms with E-state index in [1.165, 1.54) is 6.07 Å². The highest BCUT2D eigenvalue weighted by Crippen LogP contribution is 2.33. The van der Waals surface area contributed by atoms with Crippen molar-refractivity contribution in [2.45, 2.75) is 18.9 Å². The lowest BCUT2D eigenvalue weighted by atomic mass is 10.1. The zero-order valence-electron chi connectivity index (χ0n) is 17.0. The number of aryl methyl sites for hydroxylation is 1. The lowest BCUT2D eigenvalue weighted by Gasteiger charge is -2.17. The lowest BCUT2D eigenvalue weighted by Crippen LogP contribution is -2.28. The first-order valence-corrected chi connectivity index (χ1v) is 10.0. The van der Waals surface area contributed by atoms with Gasteiger partial charge in [-0.25, -0.2) is 13.6 Å². The third-order valence-corrected chi connectivity index (χ3v) is 5.12. The van der Waals surface area contributed by atoms with E-state index in [-0.39, 0.29) is 5.69 Å². The molecule has 1 saturated heterocycles. The summed E-state index contributed by atoms with van der Waals surface area (Å²) in [5, 5.41) is 12.7. The van der Waals surface area contributed by atoms with Crippen molar-refractivity contribution in [2.75, 3.05) is 23.8 Å². The fourth-order valence-corrected chi connectivity index (χ4v) is 3.54. The molecule has 9 heteroatoms. The van der Waals surface area contributed by atoms with Gasteiger partial charge in [0.05, 0.1) is 11.4 Å². The van der Waals surface area contributed by atoms with Crippen LogP contribution in [0.2, 0.25) is 0 Å². The van der Waals surface area contributed by atoms with Gasteiger partial charge in [0.2, 0.25) is 0 Å². The molecular formula is C22H23F2N5O2. The summed E-state index contributed by atoms with van der Waals surface area (Å²) in [6, 6.07) is 9.73. The Kier molecular flexibility index (Phi) is 6.13. The highest BCUT2D eigenvalue weighted by atomic mass is 19.1. The van der Waals surface area contributed by atoms with Gasteiger partial charge < -0.3 is 20.7 Å². The van der Waals surface area contributed by atoms with Gasteiger partial charge in [0, 0.05) is 36.6 Å². The zero-order chi connectivity index (χ0) is 21.8. The molecule has 3 N–H and O–H groups in total. The molecule has 2 amide bonds. The van der Waals surface area contributed by atoms with Gasteiger partial charge in [-0.3, -0.25) is 4.68 Å². The fourth-order valence-electron chi connectivity index (χ4n) is 3.54. The normalized spacial score (nSPS) is 15.6. The van der Waals surface area contributed by atoms with Crippen molar-refractivity contribution >= 4 is 17.4 Å². The van der Waals surface area contributed by atoms with E-state index in [4.69, 9.17) is 4.74 Å². The summed E-state index contributed by atoms with van der Waals surface area (Å²) < 4.78 is 34.6. The summed E-state index contributed by atoms with van der Waals surface area (Å²) in [7, 11) is 1.82. The number of anilines is 2. The molecule has 7 nitrogen and oxygen atoms in total. The Labute approximate surface area is 178 Å². The highest BCUT2D eigenvalue weighted by Gasteiger charge is 2.17. The Morgan fingerprint density at radius 3 is 2.81 bits per heavy atom. The van der Waals surface area contributed by atoms with Gasteiger partial charge in [-0.1, -0.05) is 0 Å². The molecular weight excluding hydrogens is 404 g/mol. The predicted molar refractivity (Wildman–Crippen MR) is 114 cm³/mol. The van der Waals surface area contributed by atoms with Crippen LogP contribution in [-0.4, -0.2) is 35.0 Å². The maximum atomic E-state index is 13.8. The van der Waals surface area contributed by atoms with Crippen LogP contribution in [0.15, 0.2) is 48.7 Å². The smallest absolute Gasteiger partial charge is 0.323 e. The van der Waals surface area contributed by atoms with E-state index in [9.17, 15) is 13.6 Å². The Morgan fingerprint density at radius 1 is 1.23 bits per heavy atom. The molecule has 31 heavy (non-hydrogen) atoms. The molecule has 1 atom stereocenters. The first kappa shape index (κ1) is 20.8. The van der Waals surface area contributed by atoms with Crippen molar-refractivity contribution in [1.29, 1.82) is 0 Å². The van der Waals surface area contributed by atoms with Crippen LogP contribution in [0.3, 0.4) is 0 Å². The Balaban J connectivity index is 1.52. The van der Waals surface area contributed by atoms with Crippen molar-refractivity contribution in [2.24, 2.45) is 7.05 Å². The highest BCUT2D eigenvalue weighted by molar-refractivity contribution is 6.00. The van der Waals surface area contributed by atoms with Crippen LogP contribution in [0.1, 0.15) is 12.8 Å². The first-order valence-electron chi connectivity index (χ1n) is 10.0. The van der Waals surface area contributed by atoms with Gasteiger partial charge in [0.25, 0.3) is 0 Å². The maximum Gasteiger partial charge on any atom is 0.323 e. The van der Waals surface area contributed by atoms with E-state index in [2.05, 4.69) is 21.0 Å².